The van der Waals surface area contributed by atoms with Crippen LogP contribution < -0.4 is 5.32 Å². The lowest BCUT2D eigenvalue weighted by Gasteiger charge is -2.20. The number of nitrogens with one attached hydrogen (secondary N) is 1. The SMILES string of the molecule is CCCNC(CCOCC(F)(F)F)c1cnccc1C. The van der Waals surface area contributed by atoms with E-state index in [1.165, 1.54) is 0 Å². The zero-order valence-corrected chi connectivity index (χ0v) is 11.8. The Morgan fingerprint density at radius 2 is 2.15 bits per heavy atom. The molecule has 0 aliphatic heterocycles. The number of ether oxygens (including phenoxy) is 1. The average molecular weight is 290 g/mol. The molecule has 0 bridgehead atoms. The van der Waals surface area contributed by atoms with Crippen LogP contribution in [0.1, 0.15) is 36.9 Å². The summed E-state index contributed by atoms with van der Waals surface area (Å²) in [4.78, 5) is 4.08. The molecule has 0 saturated carbocycles. The van der Waals surface area contributed by atoms with Gasteiger partial charge in [-0.1, -0.05) is 6.92 Å². The first-order valence-corrected chi connectivity index (χ1v) is 6.72. The molecule has 1 N–H and O–H groups in total. The fourth-order valence-corrected chi connectivity index (χ4v) is 1.92. The highest BCUT2D eigenvalue weighted by Crippen LogP contribution is 2.20. The highest BCUT2D eigenvalue weighted by atomic mass is 19.4. The second kappa shape index (κ2) is 8.21. The van der Waals surface area contributed by atoms with Crippen molar-refractivity contribution >= 4 is 0 Å². The van der Waals surface area contributed by atoms with Crippen molar-refractivity contribution in [1.29, 1.82) is 0 Å². The van der Waals surface area contributed by atoms with E-state index in [1.54, 1.807) is 12.4 Å². The molecule has 1 rings (SSSR count). The molecule has 0 aromatic carbocycles. The number of hydrogen-bond donors (Lipinski definition) is 1. The van der Waals surface area contributed by atoms with Crippen LogP contribution in [0.5, 0.6) is 0 Å². The Balaban J connectivity index is 2.55. The van der Waals surface area contributed by atoms with E-state index in [4.69, 9.17) is 0 Å². The number of halogens is 3. The van der Waals surface area contributed by atoms with Crippen molar-refractivity contribution in [3.8, 4) is 0 Å². The van der Waals surface area contributed by atoms with E-state index in [0.717, 1.165) is 24.1 Å². The summed E-state index contributed by atoms with van der Waals surface area (Å²) in [7, 11) is 0. The van der Waals surface area contributed by atoms with Gasteiger partial charge in [0.15, 0.2) is 0 Å². The third kappa shape index (κ3) is 6.34. The van der Waals surface area contributed by atoms with Gasteiger partial charge in [0.2, 0.25) is 0 Å². The van der Waals surface area contributed by atoms with Crippen molar-refractivity contribution < 1.29 is 17.9 Å². The smallest absolute Gasteiger partial charge is 0.372 e. The van der Waals surface area contributed by atoms with E-state index in [9.17, 15) is 13.2 Å². The van der Waals surface area contributed by atoms with E-state index in [0.29, 0.717) is 6.42 Å². The van der Waals surface area contributed by atoms with Crippen LogP contribution in [0.3, 0.4) is 0 Å². The Bertz CT molecular complexity index is 396. The fraction of sp³-hybridized carbons (Fsp3) is 0.643. The molecule has 1 heterocycles. The lowest BCUT2D eigenvalue weighted by molar-refractivity contribution is -0.174. The second-order valence-electron chi connectivity index (χ2n) is 4.70. The first kappa shape index (κ1) is 16.9. The first-order valence-electron chi connectivity index (χ1n) is 6.72. The number of rotatable bonds is 8. The monoisotopic (exact) mass is 290 g/mol. The van der Waals surface area contributed by atoms with Crippen LogP contribution in [-0.4, -0.2) is 30.9 Å². The maximum absolute atomic E-state index is 12.0. The van der Waals surface area contributed by atoms with Crippen LogP contribution in [0.15, 0.2) is 18.5 Å². The largest absolute Gasteiger partial charge is 0.411 e. The van der Waals surface area contributed by atoms with Gasteiger partial charge in [0.1, 0.15) is 6.61 Å². The van der Waals surface area contributed by atoms with Gasteiger partial charge in [-0.3, -0.25) is 4.98 Å². The molecule has 0 amide bonds. The summed E-state index contributed by atoms with van der Waals surface area (Å²) in [6.45, 7) is 3.68. The number of aryl methyl sites for hydroxylation is 1. The molecule has 6 heteroatoms. The molecule has 1 aromatic rings. The lowest BCUT2D eigenvalue weighted by atomic mass is 10.0. The molecule has 20 heavy (non-hydrogen) atoms. The molecule has 0 radical (unpaired) electrons. The number of pyridine rings is 1. The van der Waals surface area contributed by atoms with E-state index in [-0.39, 0.29) is 12.6 Å². The zero-order valence-electron chi connectivity index (χ0n) is 11.8. The van der Waals surface area contributed by atoms with Crippen molar-refractivity contribution in [2.45, 2.75) is 38.9 Å². The van der Waals surface area contributed by atoms with E-state index in [1.807, 2.05) is 19.9 Å². The highest BCUT2D eigenvalue weighted by Gasteiger charge is 2.27. The molecule has 0 aliphatic rings. The molecule has 114 valence electrons. The van der Waals surface area contributed by atoms with Crippen molar-refractivity contribution in [1.82, 2.24) is 10.3 Å². The van der Waals surface area contributed by atoms with Gasteiger partial charge in [0, 0.05) is 25.0 Å². The highest BCUT2D eigenvalue weighted by molar-refractivity contribution is 5.25. The Kier molecular flexibility index (Phi) is 6.95. The van der Waals surface area contributed by atoms with Crippen LogP contribution in [0.2, 0.25) is 0 Å². The Labute approximate surface area is 117 Å². The van der Waals surface area contributed by atoms with Gasteiger partial charge in [-0.05, 0) is 43.5 Å². The quantitative estimate of drug-likeness (QED) is 0.745. The molecule has 0 spiro atoms. The maximum Gasteiger partial charge on any atom is 0.411 e. The van der Waals surface area contributed by atoms with Gasteiger partial charge in [-0.2, -0.15) is 13.2 Å². The molecule has 1 atom stereocenters. The first-order chi connectivity index (χ1) is 9.44. The predicted molar refractivity (Wildman–Crippen MR) is 71.5 cm³/mol. The third-order valence-electron chi connectivity index (χ3n) is 2.91. The zero-order chi connectivity index (χ0) is 15.0. The van der Waals surface area contributed by atoms with Gasteiger partial charge in [0.25, 0.3) is 0 Å². The van der Waals surface area contributed by atoms with Gasteiger partial charge in [0.05, 0.1) is 0 Å². The second-order valence-corrected chi connectivity index (χ2v) is 4.70. The summed E-state index contributed by atoms with van der Waals surface area (Å²) in [5.74, 6) is 0. The van der Waals surface area contributed by atoms with Crippen molar-refractivity contribution in [3.05, 3.63) is 29.6 Å². The number of nitrogens with zero attached hydrogens (tertiary/aromatic N) is 1. The summed E-state index contributed by atoms with van der Waals surface area (Å²) in [6, 6.07) is 1.86. The van der Waals surface area contributed by atoms with Crippen molar-refractivity contribution in [2.24, 2.45) is 0 Å². The topological polar surface area (TPSA) is 34.1 Å². The summed E-state index contributed by atoms with van der Waals surface area (Å²) in [6.07, 6.45) is 0.640. The third-order valence-corrected chi connectivity index (χ3v) is 2.91. The number of aromatic nitrogens is 1. The van der Waals surface area contributed by atoms with Gasteiger partial charge >= 0.3 is 6.18 Å². The van der Waals surface area contributed by atoms with Crippen LogP contribution >= 0.6 is 0 Å². The fourth-order valence-electron chi connectivity index (χ4n) is 1.92. The minimum Gasteiger partial charge on any atom is -0.372 e. The minimum atomic E-state index is -4.27. The number of hydrogen-bond acceptors (Lipinski definition) is 3. The summed E-state index contributed by atoms with van der Waals surface area (Å²) in [5, 5.41) is 3.32. The van der Waals surface area contributed by atoms with E-state index in [2.05, 4.69) is 15.0 Å². The minimum absolute atomic E-state index is 0.0307. The maximum atomic E-state index is 12.0. The van der Waals surface area contributed by atoms with Gasteiger partial charge < -0.3 is 10.1 Å². The molecular weight excluding hydrogens is 269 g/mol. The normalized spacial score (nSPS) is 13.4. The lowest BCUT2D eigenvalue weighted by Crippen LogP contribution is -2.25. The van der Waals surface area contributed by atoms with E-state index < -0.39 is 12.8 Å². The predicted octanol–water partition coefficient (Wildman–Crippen LogP) is 3.40. The summed E-state index contributed by atoms with van der Waals surface area (Å²) >= 11 is 0. The molecule has 3 nitrogen and oxygen atoms in total. The molecule has 1 aromatic heterocycles. The standard InChI is InChI=1S/C14H21F3N2O/c1-3-6-19-13(5-8-20-10-14(15,16)17)12-9-18-7-4-11(12)2/h4,7,9,13,19H,3,5-6,8,10H2,1-2H3. The number of alkyl halides is 3. The molecule has 0 saturated heterocycles. The molecular formula is C14H21F3N2O. The van der Waals surface area contributed by atoms with Gasteiger partial charge in [-0.25, -0.2) is 0 Å². The molecule has 0 aliphatic carbocycles. The Hall–Kier alpha value is -1.14. The van der Waals surface area contributed by atoms with Gasteiger partial charge in [-0.15, -0.1) is 0 Å². The van der Waals surface area contributed by atoms with Crippen LogP contribution in [-0.2, 0) is 4.74 Å². The Morgan fingerprint density at radius 3 is 2.75 bits per heavy atom. The van der Waals surface area contributed by atoms with E-state index >= 15 is 0 Å². The average Bonchev–Trinajstić information content (AvgIpc) is 2.38. The van der Waals surface area contributed by atoms with Crippen LogP contribution in [0, 0.1) is 6.92 Å². The van der Waals surface area contributed by atoms with Crippen molar-refractivity contribution in [3.63, 3.8) is 0 Å². The van der Waals surface area contributed by atoms with Crippen LogP contribution in [0.25, 0.3) is 0 Å². The summed E-state index contributed by atoms with van der Waals surface area (Å²) < 4.78 is 40.7. The Morgan fingerprint density at radius 1 is 1.40 bits per heavy atom. The van der Waals surface area contributed by atoms with Crippen molar-refractivity contribution in [2.75, 3.05) is 19.8 Å². The van der Waals surface area contributed by atoms with Crippen LogP contribution in [0.4, 0.5) is 13.2 Å². The summed E-state index contributed by atoms with van der Waals surface area (Å²) in [5.41, 5.74) is 2.08. The molecule has 1 unspecified atom stereocenters. The molecule has 0 fully saturated rings.